The highest BCUT2D eigenvalue weighted by Gasteiger charge is 2.31. The van der Waals surface area contributed by atoms with Crippen LogP contribution in [0.2, 0.25) is 10.0 Å². The summed E-state index contributed by atoms with van der Waals surface area (Å²) in [7, 11) is 0. The smallest absolute Gasteiger partial charge is 0.358 e. The maximum absolute atomic E-state index is 14.6. The highest BCUT2D eigenvalue weighted by atomic mass is 35.5. The molecule has 1 atom stereocenters. The Labute approximate surface area is 180 Å². The van der Waals surface area contributed by atoms with Gasteiger partial charge in [-0.05, 0) is 38.1 Å². The van der Waals surface area contributed by atoms with Gasteiger partial charge in [0.05, 0.1) is 33.6 Å². The van der Waals surface area contributed by atoms with E-state index in [0.29, 0.717) is 11.5 Å². The third kappa shape index (κ3) is 3.28. The normalized spacial score (nSPS) is 15.1. The van der Waals surface area contributed by atoms with Crippen LogP contribution in [0.5, 0.6) is 0 Å². The fourth-order valence-corrected chi connectivity index (χ4v) is 3.79. The topological polar surface area (TPSA) is 56.5 Å². The van der Waals surface area contributed by atoms with E-state index in [0.717, 1.165) is 12.1 Å². The second-order valence-electron chi connectivity index (χ2n) is 6.58. The number of carbonyl (C=O) groups is 1. The molecule has 0 spiro atoms. The SMILES string of the molecule is CCOC(=O)c1cn2c(n1)C(C)N=C(c1c(F)cccc1F)c1c-2ccc(Cl)c1Cl. The van der Waals surface area contributed by atoms with Crippen molar-refractivity contribution in [3.05, 3.63) is 80.9 Å². The Morgan fingerprint density at radius 3 is 2.53 bits per heavy atom. The number of hydrogen-bond acceptors (Lipinski definition) is 4. The van der Waals surface area contributed by atoms with Crippen LogP contribution in [0.4, 0.5) is 8.78 Å². The fourth-order valence-electron chi connectivity index (χ4n) is 3.38. The zero-order valence-corrected chi connectivity index (χ0v) is 17.4. The largest absolute Gasteiger partial charge is 0.461 e. The summed E-state index contributed by atoms with van der Waals surface area (Å²) in [4.78, 5) is 21.1. The van der Waals surface area contributed by atoms with Gasteiger partial charge in [0.1, 0.15) is 23.5 Å². The standard InChI is InChI=1S/C21H15Cl2F2N3O2/c1-3-30-21(29)14-9-28-15-8-7-11(22)18(23)17(15)19(26-10(2)20(28)27-14)16-12(24)5-4-6-13(16)25/h4-10H,3H2,1-2H3. The molecule has 2 heterocycles. The average molecular weight is 450 g/mol. The van der Waals surface area contributed by atoms with Gasteiger partial charge in [-0.1, -0.05) is 29.3 Å². The molecule has 0 radical (unpaired) electrons. The molecule has 5 nitrogen and oxygen atoms in total. The van der Waals surface area contributed by atoms with Crippen LogP contribution < -0.4 is 0 Å². The lowest BCUT2D eigenvalue weighted by atomic mass is 9.99. The molecule has 1 unspecified atom stereocenters. The first kappa shape index (κ1) is 20.5. The van der Waals surface area contributed by atoms with Crippen molar-refractivity contribution in [2.75, 3.05) is 6.61 Å². The van der Waals surface area contributed by atoms with E-state index < -0.39 is 23.6 Å². The number of carbonyl (C=O) groups excluding carboxylic acids is 1. The Balaban J connectivity index is 2.03. The van der Waals surface area contributed by atoms with Gasteiger partial charge in [0, 0.05) is 11.8 Å². The molecule has 0 amide bonds. The summed E-state index contributed by atoms with van der Waals surface area (Å²) in [6.45, 7) is 3.59. The first-order valence-electron chi connectivity index (χ1n) is 9.10. The predicted molar refractivity (Wildman–Crippen MR) is 110 cm³/mol. The van der Waals surface area contributed by atoms with E-state index in [1.807, 2.05) is 0 Å². The first-order valence-corrected chi connectivity index (χ1v) is 9.86. The van der Waals surface area contributed by atoms with Crippen molar-refractivity contribution in [2.24, 2.45) is 4.99 Å². The zero-order valence-electron chi connectivity index (χ0n) is 15.9. The van der Waals surface area contributed by atoms with Gasteiger partial charge >= 0.3 is 5.97 Å². The Bertz CT molecular complexity index is 1190. The minimum absolute atomic E-state index is 0.0174. The molecule has 0 fully saturated rings. The summed E-state index contributed by atoms with van der Waals surface area (Å²) in [6.07, 6.45) is 1.49. The maximum Gasteiger partial charge on any atom is 0.358 e. The molecule has 0 aliphatic carbocycles. The van der Waals surface area contributed by atoms with Crippen LogP contribution in [0.15, 0.2) is 41.5 Å². The number of fused-ring (bicyclic) bond motifs is 3. The van der Waals surface area contributed by atoms with Crippen molar-refractivity contribution in [1.29, 1.82) is 0 Å². The van der Waals surface area contributed by atoms with Crippen molar-refractivity contribution in [3.63, 3.8) is 0 Å². The molecule has 1 aliphatic heterocycles. The van der Waals surface area contributed by atoms with Crippen LogP contribution >= 0.6 is 23.2 Å². The van der Waals surface area contributed by atoms with E-state index >= 15 is 0 Å². The Kier molecular flexibility index (Phi) is 5.34. The van der Waals surface area contributed by atoms with E-state index in [-0.39, 0.29) is 39.2 Å². The number of aromatic nitrogens is 2. The van der Waals surface area contributed by atoms with Crippen molar-refractivity contribution < 1.29 is 18.3 Å². The van der Waals surface area contributed by atoms with Gasteiger partial charge in [0.25, 0.3) is 0 Å². The number of ether oxygens (including phenoxy) is 1. The van der Waals surface area contributed by atoms with E-state index in [1.54, 1.807) is 30.5 Å². The second kappa shape index (κ2) is 7.81. The van der Waals surface area contributed by atoms with Crippen LogP contribution in [0.3, 0.4) is 0 Å². The average Bonchev–Trinajstić information content (AvgIpc) is 3.10. The highest BCUT2D eigenvalue weighted by Crippen LogP contribution is 2.38. The molecule has 0 N–H and O–H groups in total. The van der Waals surface area contributed by atoms with Crippen LogP contribution in [0.25, 0.3) is 5.69 Å². The number of halogens is 4. The van der Waals surface area contributed by atoms with E-state index in [1.165, 1.54) is 12.3 Å². The summed E-state index contributed by atoms with van der Waals surface area (Å²) in [5.74, 6) is -1.76. The molecule has 0 bridgehead atoms. The quantitative estimate of drug-likeness (QED) is 0.492. The fraction of sp³-hybridized carbons (Fsp3) is 0.190. The third-order valence-electron chi connectivity index (χ3n) is 4.68. The molecule has 3 aromatic rings. The van der Waals surface area contributed by atoms with Crippen molar-refractivity contribution in [2.45, 2.75) is 19.9 Å². The van der Waals surface area contributed by atoms with Gasteiger partial charge in [-0.25, -0.2) is 18.6 Å². The molecular formula is C21H15Cl2F2N3O2. The summed E-state index contributed by atoms with van der Waals surface area (Å²) in [6, 6.07) is 6.10. The zero-order chi connectivity index (χ0) is 21.6. The van der Waals surface area contributed by atoms with Crippen molar-refractivity contribution in [3.8, 4) is 5.69 Å². The summed E-state index contributed by atoms with van der Waals surface area (Å²) >= 11 is 12.7. The van der Waals surface area contributed by atoms with Crippen LogP contribution in [-0.4, -0.2) is 27.8 Å². The molecule has 154 valence electrons. The second-order valence-corrected chi connectivity index (χ2v) is 7.37. The lowest BCUT2D eigenvalue weighted by Crippen LogP contribution is -2.12. The van der Waals surface area contributed by atoms with Gasteiger partial charge in [0.15, 0.2) is 5.69 Å². The molecule has 1 aromatic heterocycles. The monoisotopic (exact) mass is 449 g/mol. The van der Waals surface area contributed by atoms with E-state index in [4.69, 9.17) is 27.9 Å². The maximum atomic E-state index is 14.6. The minimum atomic E-state index is -0.783. The highest BCUT2D eigenvalue weighted by molar-refractivity contribution is 6.45. The van der Waals surface area contributed by atoms with Crippen LogP contribution in [-0.2, 0) is 4.74 Å². The number of imidazole rings is 1. The van der Waals surface area contributed by atoms with Gasteiger partial charge in [-0.15, -0.1) is 0 Å². The predicted octanol–water partition coefficient (Wildman–Crippen LogP) is 5.55. The minimum Gasteiger partial charge on any atom is -0.461 e. The first-order chi connectivity index (χ1) is 14.3. The molecule has 1 aliphatic rings. The van der Waals surface area contributed by atoms with Crippen molar-refractivity contribution in [1.82, 2.24) is 9.55 Å². The lowest BCUT2D eigenvalue weighted by molar-refractivity contribution is 0.0520. The number of rotatable bonds is 3. The number of aliphatic imine (C=N–C) groups is 1. The molecule has 0 saturated heterocycles. The number of benzene rings is 2. The van der Waals surface area contributed by atoms with Crippen molar-refractivity contribution >= 4 is 34.9 Å². The van der Waals surface area contributed by atoms with Gasteiger partial charge < -0.3 is 9.30 Å². The molecular weight excluding hydrogens is 435 g/mol. The van der Waals surface area contributed by atoms with Crippen LogP contribution in [0, 0.1) is 11.6 Å². The molecule has 0 saturated carbocycles. The van der Waals surface area contributed by atoms with E-state index in [9.17, 15) is 13.6 Å². The van der Waals surface area contributed by atoms with Crippen LogP contribution in [0.1, 0.15) is 47.3 Å². The molecule has 4 rings (SSSR count). The number of hydrogen-bond donors (Lipinski definition) is 0. The summed E-state index contributed by atoms with van der Waals surface area (Å²) in [5.41, 5.74) is 0.473. The van der Waals surface area contributed by atoms with E-state index in [2.05, 4.69) is 9.98 Å². The Morgan fingerprint density at radius 2 is 1.87 bits per heavy atom. The Morgan fingerprint density at radius 1 is 1.17 bits per heavy atom. The summed E-state index contributed by atoms with van der Waals surface area (Å²) < 4.78 is 35.9. The molecule has 30 heavy (non-hydrogen) atoms. The third-order valence-corrected chi connectivity index (χ3v) is 5.49. The lowest BCUT2D eigenvalue weighted by Gasteiger charge is -2.15. The van der Waals surface area contributed by atoms with Gasteiger partial charge in [-0.3, -0.25) is 4.99 Å². The number of esters is 1. The summed E-state index contributed by atoms with van der Waals surface area (Å²) in [5, 5.41) is 0.281. The van der Waals surface area contributed by atoms with Gasteiger partial charge in [-0.2, -0.15) is 0 Å². The molecule has 2 aromatic carbocycles. The Hall–Kier alpha value is -2.77. The van der Waals surface area contributed by atoms with Gasteiger partial charge in [0.2, 0.25) is 0 Å². The molecule has 9 heteroatoms. The number of nitrogens with zero attached hydrogens (tertiary/aromatic N) is 3.